The molecule has 0 N–H and O–H groups in total. The topological polar surface area (TPSA) is 55.8 Å². The fourth-order valence-electron chi connectivity index (χ4n) is 1.98. The molecule has 0 aliphatic carbocycles. The molecule has 0 radical (unpaired) electrons. The van der Waals surface area contributed by atoms with Crippen LogP contribution in [0.3, 0.4) is 0 Å². The smallest absolute Gasteiger partial charge is 0.307 e. The summed E-state index contributed by atoms with van der Waals surface area (Å²) in [6, 6.07) is 5.82. The molecule has 0 saturated carbocycles. The summed E-state index contributed by atoms with van der Waals surface area (Å²) < 4.78 is 10.1. The molecule has 1 amide bonds. The lowest BCUT2D eigenvalue weighted by molar-refractivity contribution is -0.142. The van der Waals surface area contributed by atoms with Crippen molar-refractivity contribution in [3.63, 3.8) is 0 Å². The molecule has 0 unspecified atom stereocenters. The average molecular weight is 293 g/mol. The summed E-state index contributed by atoms with van der Waals surface area (Å²) in [6.07, 6.45) is 0.194. The third-order valence-corrected chi connectivity index (χ3v) is 3.23. The van der Waals surface area contributed by atoms with E-state index in [1.54, 1.807) is 4.90 Å². The van der Waals surface area contributed by atoms with E-state index in [9.17, 15) is 9.59 Å². The summed E-state index contributed by atoms with van der Waals surface area (Å²) in [5.41, 5.74) is 2.15. The van der Waals surface area contributed by atoms with E-state index in [0.29, 0.717) is 18.8 Å². The molecule has 1 rings (SSSR count). The molecule has 0 bridgehead atoms. The van der Waals surface area contributed by atoms with E-state index in [1.165, 1.54) is 7.11 Å². The second kappa shape index (κ2) is 8.29. The molecule has 116 valence electrons. The maximum Gasteiger partial charge on any atom is 0.307 e. The van der Waals surface area contributed by atoms with Crippen LogP contribution in [0.1, 0.15) is 24.5 Å². The fourth-order valence-corrected chi connectivity index (χ4v) is 1.98. The van der Waals surface area contributed by atoms with Crippen molar-refractivity contribution in [3.8, 4) is 5.75 Å². The van der Waals surface area contributed by atoms with Gasteiger partial charge >= 0.3 is 5.97 Å². The first-order chi connectivity index (χ1) is 9.97. The highest BCUT2D eigenvalue weighted by atomic mass is 16.5. The van der Waals surface area contributed by atoms with Gasteiger partial charge in [0.15, 0.2) is 6.61 Å². The first-order valence-electron chi connectivity index (χ1n) is 7.02. The molecule has 5 nitrogen and oxygen atoms in total. The van der Waals surface area contributed by atoms with Crippen LogP contribution in [0.4, 0.5) is 0 Å². The molecule has 0 aliphatic rings. The number of benzene rings is 1. The number of methoxy groups -OCH3 is 1. The highest BCUT2D eigenvalue weighted by Gasteiger charge is 2.14. The minimum atomic E-state index is -0.323. The van der Waals surface area contributed by atoms with E-state index in [2.05, 4.69) is 4.74 Å². The minimum Gasteiger partial charge on any atom is -0.484 e. The number of aryl methyl sites for hydroxylation is 2. The highest BCUT2D eigenvalue weighted by Crippen LogP contribution is 2.18. The lowest BCUT2D eigenvalue weighted by Crippen LogP contribution is -2.36. The molecular weight excluding hydrogens is 270 g/mol. The molecular formula is C16H23NO4. The van der Waals surface area contributed by atoms with Gasteiger partial charge in [-0.2, -0.15) is 0 Å². The van der Waals surface area contributed by atoms with E-state index in [4.69, 9.17) is 4.74 Å². The fraction of sp³-hybridized carbons (Fsp3) is 0.500. The number of carbonyl (C=O) groups excluding carboxylic acids is 2. The summed E-state index contributed by atoms with van der Waals surface area (Å²) in [5, 5.41) is 0. The monoisotopic (exact) mass is 293 g/mol. The van der Waals surface area contributed by atoms with Gasteiger partial charge < -0.3 is 14.4 Å². The molecule has 0 aromatic heterocycles. The third kappa shape index (κ3) is 5.45. The normalized spacial score (nSPS) is 10.1. The van der Waals surface area contributed by atoms with Crippen molar-refractivity contribution in [1.82, 2.24) is 4.90 Å². The van der Waals surface area contributed by atoms with Crippen molar-refractivity contribution < 1.29 is 19.1 Å². The Morgan fingerprint density at radius 3 is 2.52 bits per heavy atom. The van der Waals surface area contributed by atoms with Gasteiger partial charge in [-0.3, -0.25) is 9.59 Å². The number of likely N-dealkylation sites (N-methyl/N-ethyl adjacent to an activating group) is 1. The van der Waals surface area contributed by atoms with Gasteiger partial charge in [0.2, 0.25) is 0 Å². The second-order valence-electron chi connectivity index (χ2n) is 4.86. The van der Waals surface area contributed by atoms with Crippen LogP contribution in [0.5, 0.6) is 5.75 Å². The van der Waals surface area contributed by atoms with Gasteiger partial charge in [0.05, 0.1) is 13.5 Å². The van der Waals surface area contributed by atoms with Crippen molar-refractivity contribution in [2.75, 3.05) is 26.8 Å². The van der Waals surface area contributed by atoms with Crippen LogP contribution in [0.25, 0.3) is 0 Å². The Morgan fingerprint density at radius 1 is 1.24 bits per heavy atom. The van der Waals surface area contributed by atoms with Gasteiger partial charge in [0, 0.05) is 13.1 Å². The SMILES string of the molecule is CCN(CCC(=O)OC)C(=O)COc1ccc(C)cc1C. The molecule has 21 heavy (non-hydrogen) atoms. The minimum absolute atomic E-state index is 0.0289. The van der Waals surface area contributed by atoms with Crippen LogP contribution in [0, 0.1) is 13.8 Å². The standard InChI is InChI=1S/C16H23NO4/c1-5-17(9-8-16(19)20-4)15(18)11-21-14-7-6-12(2)10-13(14)3/h6-7,10H,5,8-9,11H2,1-4H3. The van der Waals surface area contributed by atoms with Crippen LogP contribution in [-0.2, 0) is 14.3 Å². The van der Waals surface area contributed by atoms with Crippen LogP contribution >= 0.6 is 0 Å². The summed E-state index contributed by atoms with van der Waals surface area (Å²) in [5.74, 6) is 0.246. The van der Waals surface area contributed by atoms with E-state index >= 15 is 0 Å². The number of rotatable bonds is 7. The van der Waals surface area contributed by atoms with Crippen LogP contribution in [0.15, 0.2) is 18.2 Å². The largest absolute Gasteiger partial charge is 0.484 e. The Kier molecular flexibility index (Phi) is 6.72. The van der Waals surface area contributed by atoms with Crippen LogP contribution in [0.2, 0.25) is 0 Å². The van der Waals surface area contributed by atoms with E-state index in [-0.39, 0.29) is 24.9 Å². The Bertz CT molecular complexity index is 499. The molecule has 0 saturated heterocycles. The third-order valence-electron chi connectivity index (χ3n) is 3.23. The molecule has 0 atom stereocenters. The quantitative estimate of drug-likeness (QED) is 0.722. The zero-order chi connectivity index (χ0) is 15.8. The first-order valence-corrected chi connectivity index (χ1v) is 7.02. The molecule has 0 fully saturated rings. The molecule has 0 spiro atoms. The number of carbonyl (C=O) groups is 2. The summed E-state index contributed by atoms with van der Waals surface area (Å²) in [6.45, 7) is 6.67. The number of amides is 1. The molecule has 0 heterocycles. The zero-order valence-electron chi connectivity index (χ0n) is 13.1. The lowest BCUT2D eigenvalue weighted by Gasteiger charge is -2.20. The Balaban J connectivity index is 2.52. The number of nitrogens with zero attached hydrogens (tertiary/aromatic N) is 1. The molecule has 1 aromatic rings. The van der Waals surface area contributed by atoms with Crippen molar-refractivity contribution in [2.24, 2.45) is 0 Å². The Labute approximate surface area is 125 Å². The molecule has 5 heteroatoms. The first kappa shape index (κ1) is 17.0. The maximum atomic E-state index is 12.1. The van der Waals surface area contributed by atoms with Gasteiger partial charge in [-0.1, -0.05) is 17.7 Å². The molecule has 0 aliphatic heterocycles. The van der Waals surface area contributed by atoms with Gasteiger partial charge in [-0.05, 0) is 32.4 Å². The Hall–Kier alpha value is -2.04. The summed E-state index contributed by atoms with van der Waals surface area (Å²) in [7, 11) is 1.34. The van der Waals surface area contributed by atoms with Crippen molar-refractivity contribution >= 4 is 11.9 Å². The van der Waals surface area contributed by atoms with Gasteiger partial charge in [0.25, 0.3) is 5.91 Å². The molecule has 1 aromatic carbocycles. The van der Waals surface area contributed by atoms with Crippen LogP contribution in [-0.4, -0.2) is 43.6 Å². The van der Waals surface area contributed by atoms with Crippen LogP contribution < -0.4 is 4.74 Å². The number of hydrogen-bond acceptors (Lipinski definition) is 4. The number of ether oxygens (including phenoxy) is 2. The number of hydrogen-bond donors (Lipinski definition) is 0. The van der Waals surface area contributed by atoms with Gasteiger partial charge in [-0.15, -0.1) is 0 Å². The highest BCUT2D eigenvalue weighted by molar-refractivity contribution is 5.78. The zero-order valence-corrected chi connectivity index (χ0v) is 13.1. The number of esters is 1. The average Bonchev–Trinajstić information content (AvgIpc) is 2.46. The summed E-state index contributed by atoms with van der Waals surface area (Å²) >= 11 is 0. The maximum absolute atomic E-state index is 12.1. The predicted octanol–water partition coefficient (Wildman–Crippen LogP) is 2.09. The predicted molar refractivity (Wildman–Crippen MR) is 80.3 cm³/mol. The lowest BCUT2D eigenvalue weighted by atomic mass is 10.1. The second-order valence-corrected chi connectivity index (χ2v) is 4.86. The van der Waals surface area contributed by atoms with Gasteiger partial charge in [0.1, 0.15) is 5.75 Å². The van der Waals surface area contributed by atoms with E-state index < -0.39 is 0 Å². The van der Waals surface area contributed by atoms with E-state index in [1.807, 2.05) is 39.0 Å². The van der Waals surface area contributed by atoms with Crippen molar-refractivity contribution in [3.05, 3.63) is 29.3 Å². The van der Waals surface area contributed by atoms with Crippen molar-refractivity contribution in [1.29, 1.82) is 0 Å². The van der Waals surface area contributed by atoms with Gasteiger partial charge in [-0.25, -0.2) is 0 Å². The summed E-state index contributed by atoms with van der Waals surface area (Å²) in [4.78, 5) is 24.8. The van der Waals surface area contributed by atoms with Crippen molar-refractivity contribution in [2.45, 2.75) is 27.2 Å². The Morgan fingerprint density at radius 2 is 1.95 bits per heavy atom. The van der Waals surface area contributed by atoms with E-state index in [0.717, 1.165) is 11.1 Å².